The molecule has 0 unspecified atom stereocenters. The molecule has 1 rings (SSSR count). The van der Waals surface area contributed by atoms with Gasteiger partial charge in [0.1, 0.15) is 11.5 Å². The van der Waals surface area contributed by atoms with Crippen LogP contribution in [0.5, 0.6) is 0 Å². The Hall–Kier alpha value is -1.30. The number of aromatic nitrogens is 1. The second-order valence-corrected chi connectivity index (χ2v) is 3.19. The van der Waals surface area contributed by atoms with E-state index in [4.69, 9.17) is 11.6 Å². The minimum atomic E-state index is -3.98. The number of halogens is 4. The van der Waals surface area contributed by atoms with Crippen molar-refractivity contribution in [2.75, 3.05) is 6.61 Å². The standard InChI is InChI=1S/C9H7ClF3NO2/c1-2-16-8(15)9(12,13)7-3-6(11)5(10)4-14-7/h3-4H,2H2,1H3. The third kappa shape index (κ3) is 2.44. The summed E-state index contributed by atoms with van der Waals surface area (Å²) in [4.78, 5) is 14.1. The van der Waals surface area contributed by atoms with Gasteiger partial charge in [0.15, 0.2) is 0 Å². The van der Waals surface area contributed by atoms with E-state index in [9.17, 15) is 18.0 Å². The molecule has 0 aliphatic rings. The van der Waals surface area contributed by atoms with Crippen molar-refractivity contribution in [1.82, 2.24) is 4.98 Å². The molecule has 0 fully saturated rings. The highest BCUT2D eigenvalue weighted by atomic mass is 35.5. The first-order chi connectivity index (χ1) is 7.39. The Kier molecular flexibility index (Phi) is 3.74. The molecule has 0 aromatic carbocycles. The lowest BCUT2D eigenvalue weighted by atomic mass is 10.2. The molecule has 0 bridgehead atoms. The summed E-state index contributed by atoms with van der Waals surface area (Å²) in [5, 5.41) is -0.400. The summed E-state index contributed by atoms with van der Waals surface area (Å²) in [6.45, 7) is 1.17. The zero-order valence-corrected chi connectivity index (χ0v) is 8.89. The van der Waals surface area contributed by atoms with Crippen molar-refractivity contribution in [2.45, 2.75) is 12.8 Å². The Morgan fingerprint density at radius 3 is 2.75 bits per heavy atom. The molecule has 1 aromatic heterocycles. The molecule has 1 heterocycles. The van der Waals surface area contributed by atoms with Crippen LogP contribution in [0.4, 0.5) is 13.2 Å². The van der Waals surface area contributed by atoms with E-state index >= 15 is 0 Å². The fourth-order valence-corrected chi connectivity index (χ4v) is 1.02. The molecule has 0 aliphatic heterocycles. The van der Waals surface area contributed by atoms with Crippen LogP contribution in [0, 0.1) is 5.82 Å². The number of nitrogens with zero attached hydrogens (tertiary/aromatic N) is 1. The highest BCUT2D eigenvalue weighted by Gasteiger charge is 2.44. The Morgan fingerprint density at radius 2 is 2.25 bits per heavy atom. The molecule has 7 heteroatoms. The lowest BCUT2D eigenvalue weighted by Gasteiger charge is -2.13. The van der Waals surface area contributed by atoms with Crippen LogP contribution in [0.25, 0.3) is 0 Å². The number of ether oxygens (including phenoxy) is 1. The molecule has 0 aliphatic carbocycles. The average molecular weight is 254 g/mol. The monoisotopic (exact) mass is 253 g/mol. The molecule has 0 spiro atoms. The van der Waals surface area contributed by atoms with Crippen LogP contribution in [0.1, 0.15) is 12.6 Å². The summed E-state index contributed by atoms with van der Waals surface area (Å²) in [5.41, 5.74) is -1.03. The van der Waals surface area contributed by atoms with Gasteiger partial charge in [-0.2, -0.15) is 8.78 Å². The van der Waals surface area contributed by atoms with Gasteiger partial charge in [-0.05, 0) is 6.92 Å². The second kappa shape index (κ2) is 4.69. The molecule has 0 radical (unpaired) electrons. The lowest BCUT2D eigenvalue weighted by Crippen LogP contribution is -2.29. The molecule has 1 aromatic rings. The Balaban J connectivity index is 3.06. The van der Waals surface area contributed by atoms with E-state index < -0.39 is 28.4 Å². The zero-order valence-electron chi connectivity index (χ0n) is 8.14. The molecule has 0 atom stereocenters. The highest BCUT2D eigenvalue weighted by molar-refractivity contribution is 6.30. The van der Waals surface area contributed by atoms with Crippen LogP contribution in [-0.2, 0) is 15.5 Å². The van der Waals surface area contributed by atoms with Crippen LogP contribution in [0.2, 0.25) is 5.02 Å². The number of carbonyl (C=O) groups is 1. The minimum absolute atomic E-state index is 0.204. The van der Waals surface area contributed by atoms with Crippen molar-refractivity contribution in [3.63, 3.8) is 0 Å². The second-order valence-electron chi connectivity index (χ2n) is 2.78. The molecular weight excluding hydrogens is 247 g/mol. The summed E-state index contributed by atoms with van der Waals surface area (Å²) in [6, 6.07) is 0.402. The van der Waals surface area contributed by atoms with Crippen molar-refractivity contribution in [2.24, 2.45) is 0 Å². The van der Waals surface area contributed by atoms with Crippen LogP contribution >= 0.6 is 11.6 Å². The van der Waals surface area contributed by atoms with Gasteiger partial charge in [-0.3, -0.25) is 4.98 Å². The number of pyridine rings is 1. The molecule has 0 amide bonds. The quantitative estimate of drug-likeness (QED) is 0.777. The first-order valence-corrected chi connectivity index (χ1v) is 4.64. The van der Waals surface area contributed by atoms with E-state index in [0.29, 0.717) is 12.3 Å². The first-order valence-electron chi connectivity index (χ1n) is 4.26. The Morgan fingerprint density at radius 1 is 1.62 bits per heavy atom. The van der Waals surface area contributed by atoms with Gasteiger partial charge in [0, 0.05) is 12.3 Å². The molecule has 16 heavy (non-hydrogen) atoms. The fraction of sp³-hybridized carbons (Fsp3) is 0.333. The first kappa shape index (κ1) is 12.8. The van der Waals surface area contributed by atoms with E-state index in [-0.39, 0.29) is 6.61 Å². The molecule has 0 saturated carbocycles. The Labute approximate surface area is 94.2 Å². The normalized spacial score (nSPS) is 11.3. The molecule has 3 nitrogen and oxygen atoms in total. The fourth-order valence-electron chi connectivity index (χ4n) is 0.912. The van der Waals surface area contributed by atoms with Gasteiger partial charge < -0.3 is 4.74 Å². The van der Waals surface area contributed by atoms with Gasteiger partial charge in [-0.1, -0.05) is 11.6 Å². The van der Waals surface area contributed by atoms with Crippen LogP contribution in [0.15, 0.2) is 12.3 Å². The predicted octanol–water partition coefficient (Wildman–Crippen LogP) is 2.53. The van der Waals surface area contributed by atoms with Gasteiger partial charge in [-0.25, -0.2) is 9.18 Å². The SMILES string of the molecule is CCOC(=O)C(F)(F)c1cc(F)c(Cl)cn1. The van der Waals surface area contributed by atoms with Crippen LogP contribution in [-0.4, -0.2) is 17.6 Å². The van der Waals surface area contributed by atoms with Crippen LogP contribution < -0.4 is 0 Å². The van der Waals surface area contributed by atoms with Gasteiger partial charge in [0.2, 0.25) is 0 Å². The zero-order chi connectivity index (χ0) is 12.3. The minimum Gasteiger partial charge on any atom is -0.461 e. The van der Waals surface area contributed by atoms with Crippen molar-refractivity contribution in [3.05, 3.63) is 28.8 Å². The van der Waals surface area contributed by atoms with Crippen LogP contribution in [0.3, 0.4) is 0 Å². The van der Waals surface area contributed by atoms with E-state index in [0.717, 1.165) is 0 Å². The Bertz CT molecular complexity index is 412. The smallest absolute Gasteiger partial charge is 0.384 e. The third-order valence-corrected chi connectivity index (χ3v) is 1.94. The number of esters is 1. The largest absolute Gasteiger partial charge is 0.461 e. The van der Waals surface area contributed by atoms with E-state index in [1.807, 2.05) is 0 Å². The molecule has 88 valence electrons. The molecule has 0 saturated heterocycles. The molecule has 0 N–H and O–H groups in total. The topological polar surface area (TPSA) is 39.2 Å². The number of rotatable bonds is 3. The summed E-state index contributed by atoms with van der Waals surface area (Å²) < 4.78 is 43.7. The van der Waals surface area contributed by atoms with Gasteiger partial charge >= 0.3 is 11.9 Å². The average Bonchev–Trinajstić information content (AvgIpc) is 2.22. The maximum atomic E-state index is 13.3. The number of carbonyl (C=O) groups excluding carboxylic acids is 1. The van der Waals surface area contributed by atoms with E-state index in [2.05, 4.69) is 9.72 Å². The van der Waals surface area contributed by atoms with Gasteiger partial charge in [0.25, 0.3) is 0 Å². The van der Waals surface area contributed by atoms with E-state index in [1.54, 1.807) is 0 Å². The summed E-state index contributed by atoms with van der Waals surface area (Å²) in [6.07, 6.45) is 0.708. The summed E-state index contributed by atoms with van der Waals surface area (Å²) in [5.74, 6) is -6.83. The number of hydrogen-bond acceptors (Lipinski definition) is 3. The lowest BCUT2D eigenvalue weighted by molar-refractivity contribution is -0.173. The summed E-state index contributed by atoms with van der Waals surface area (Å²) >= 11 is 5.27. The van der Waals surface area contributed by atoms with Crippen molar-refractivity contribution >= 4 is 17.6 Å². The van der Waals surface area contributed by atoms with E-state index in [1.165, 1.54) is 6.92 Å². The maximum Gasteiger partial charge on any atom is 0.384 e. The highest BCUT2D eigenvalue weighted by Crippen LogP contribution is 2.29. The third-order valence-electron chi connectivity index (χ3n) is 1.66. The van der Waals surface area contributed by atoms with Crippen molar-refractivity contribution in [3.8, 4) is 0 Å². The number of alkyl halides is 2. The van der Waals surface area contributed by atoms with Crippen molar-refractivity contribution in [1.29, 1.82) is 0 Å². The predicted molar refractivity (Wildman–Crippen MR) is 49.7 cm³/mol. The maximum absolute atomic E-state index is 13.3. The van der Waals surface area contributed by atoms with Gasteiger partial charge in [0.05, 0.1) is 11.6 Å². The molecular formula is C9H7ClF3NO2. The number of hydrogen-bond donors (Lipinski definition) is 0. The summed E-state index contributed by atoms with van der Waals surface area (Å²) in [7, 11) is 0. The van der Waals surface area contributed by atoms with Crippen molar-refractivity contribution < 1.29 is 22.7 Å². The van der Waals surface area contributed by atoms with Gasteiger partial charge in [-0.15, -0.1) is 0 Å².